The zero-order valence-corrected chi connectivity index (χ0v) is 9.92. The molecular formula is C11H22N2O2. The Bertz CT molecular complexity index is 217. The summed E-state index contributed by atoms with van der Waals surface area (Å²) < 4.78 is 0. The lowest BCUT2D eigenvalue weighted by Crippen LogP contribution is -2.40. The van der Waals surface area contributed by atoms with Crippen molar-refractivity contribution < 1.29 is 9.90 Å². The number of nitrogens with zero attached hydrogens (tertiary/aromatic N) is 1. The molecule has 0 aliphatic carbocycles. The molecule has 4 heteroatoms. The van der Waals surface area contributed by atoms with E-state index < -0.39 is 5.60 Å². The Kier molecular flexibility index (Phi) is 4.11. The molecule has 0 aromatic carbocycles. The van der Waals surface area contributed by atoms with Crippen LogP contribution in [0.1, 0.15) is 26.7 Å². The zero-order valence-electron chi connectivity index (χ0n) is 9.92. The molecule has 0 saturated carbocycles. The fourth-order valence-corrected chi connectivity index (χ4v) is 1.96. The molecule has 1 heterocycles. The van der Waals surface area contributed by atoms with Gasteiger partial charge < -0.3 is 15.3 Å². The van der Waals surface area contributed by atoms with E-state index in [0.717, 1.165) is 19.5 Å². The fourth-order valence-electron chi connectivity index (χ4n) is 1.96. The Morgan fingerprint density at radius 3 is 2.73 bits per heavy atom. The molecule has 15 heavy (non-hydrogen) atoms. The average molecular weight is 214 g/mol. The standard InChI is InChI=1S/C11H22N2O2/c1-11(2,15)8-13(3)10(14)6-9-4-5-12-7-9/h9,12,15H,4-8H2,1-3H3. The summed E-state index contributed by atoms with van der Waals surface area (Å²) in [5.74, 6) is 0.604. The number of likely N-dealkylation sites (N-methyl/N-ethyl adjacent to an activating group) is 1. The van der Waals surface area contributed by atoms with E-state index in [4.69, 9.17) is 0 Å². The summed E-state index contributed by atoms with van der Waals surface area (Å²) in [6.45, 7) is 5.79. The molecule has 2 N–H and O–H groups in total. The van der Waals surface area contributed by atoms with E-state index in [1.54, 1.807) is 25.8 Å². The predicted molar refractivity (Wildman–Crippen MR) is 59.5 cm³/mol. The lowest BCUT2D eigenvalue weighted by Gasteiger charge is -2.26. The highest BCUT2D eigenvalue weighted by Gasteiger charge is 2.23. The van der Waals surface area contributed by atoms with Gasteiger partial charge in [-0.25, -0.2) is 0 Å². The fraction of sp³-hybridized carbons (Fsp3) is 0.909. The summed E-state index contributed by atoms with van der Waals surface area (Å²) in [5.41, 5.74) is -0.807. The monoisotopic (exact) mass is 214 g/mol. The third-order valence-electron chi connectivity index (χ3n) is 2.68. The van der Waals surface area contributed by atoms with Gasteiger partial charge in [0.1, 0.15) is 0 Å². The molecule has 0 radical (unpaired) electrons. The maximum atomic E-state index is 11.8. The van der Waals surface area contributed by atoms with Crippen molar-refractivity contribution in [2.45, 2.75) is 32.3 Å². The third-order valence-corrected chi connectivity index (χ3v) is 2.68. The van der Waals surface area contributed by atoms with Crippen LogP contribution in [0.25, 0.3) is 0 Å². The van der Waals surface area contributed by atoms with E-state index >= 15 is 0 Å². The van der Waals surface area contributed by atoms with Crippen LogP contribution in [0.4, 0.5) is 0 Å². The second-order valence-corrected chi connectivity index (χ2v) is 5.13. The summed E-state index contributed by atoms with van der Waals surface area (Å²) in [6, 6.07) is 0. The third kappa shape index (κ3) is 4.62. The molecule has 1 aliphatic heterocycles. The molecule has 1 unspecified atom stereocenters. The largest absolute Gasteiger partial charge is 0.389 e. The molecule has 1 amide bonds. The van der Waals surface area contributed by atoms with Gasteiger partial charge in [0, 0.05) is 20.0 Å². The van der Waals surface area contributed by atoms with Gasteiger partial charge in [-0.05, 0) is 39.3 Å². The molecule has 1 fully saturated rings. The average Bonchev–Trinajstić information content (AvgIpc) is 2.53. The Labute approximate surface area is 91.6 Å². The second kappa shape index (κ2) is 4.94. The highest BCUT2D eigenvalue weighted by molar-refractivity contribution is 5.76. The van der Waals surface area contributed by atoms with Crippen molar-refractivity contribution in [2.75, 3.05) is 26.7 Å². The van der Waals surface area contributed by atoms with Gasteiger partial charge in [-0.15, -0.1) is 0 Å². The van der Waals surface area contributed by atoms with E-state index in [1.807, 2.05) is 0 Å². The van der Waals surface area contributed by atoms with Gasteiger partial charge in [0.2, 0.25) is 5.91 Å². The highest BCUT2D eigenvalue weighted by atomic mass is 16.3. The minimum absolute atomic E-state index is 0.130. The quantitative estimate of drug-likeness (QED) is 0.703. The first-order valence-electron chi connectivity index (χ1n) is 5.55. The van der Waals surface area contributed by atoms with Crippen LogP contribution in [-0.2, 0) is 4.79 Å². The minimum Gasteiger partial charge on any atom is -0.389 e. The van der Waals surface area contributed by atoms with Crippen LogP contribution in [0.5, 0.6) is 0 Å². The van der Waals surface area contributed by atoms with Crippen LogP contribution in [0, 0.1) is 5.92 Å². The van der Waals surface area contributed by atoms with Crippen molar-refractivity contribution in [1.29, 1.82) is 0 Å². The number of nitrogens with one attached hydrogen (secondary N) is 1. The predicted octanol–water partition coefficient (Wildman–Crippen LogP) is 0.215. The van der Waals surface area contributed by atoms with E-state index in [1.165, 1.54) is 0 Å². The first kappa shape index (κ1) is 12.5. The van der Waals surface area contributed by atoms with Crippen LogP contribution in [-0.4, -0.2) is 48.2 Å². The summed E-state index contributed by atoms with van der Waals surface area (Å²) in [6.07, 6.45) is 1.68. The van der Waals surface area contributed by atoms with E-state index in [2.05, 4.69) is 5.32 Å². The normalized spacial score (nSPS) is 21.7. The number of amides is 1. The van der Waals surface area contributed by atoms with Gasteiger partial charge in [0.15, 0.2) is 0 Å². The Balaban J connectivity index is 2.32. The summed E-state index contributed by atoms with van der Waals surface area (Å²) >= 11 is 0. The Morgan fingerprint density at radius 2 is 2.27 bits per heavy atom. The van der Waals surface area contributed by atoms with Gasteiger partial charge in [0.25, 0.3) is 0 Å². The molecular weight excluding hydrogens is 192 g/mol. The number of hydrogen-bond acceptors (Lipinski definition) is 3. The molecule has 0 spiro atoms. The maximum absolute atomic E-state index is 11.8. The topological polar surface area (TPSA) is 52.6 Å². The van der Waals surface area contributed by atoms with Gasteiger partial charge >= 0.3 is 0 Å². The van der Waals surface area contributed by atoms with Crippen LogP contribution in [0.2, 0.25) is 0 Å². The van der Waals surface area contributed by atoms with Crippen molar-refractivity contribution in [3.05, 3.63) is 0 Å². The van der Waals surface area contributed by atoms with Gasteiger partial charge in [-0.2, -0.15) is 0 Å². The Hall–Kier alpha value is -0.610. The number of carbonyl (C=O) groups excluding carboxylic acids is 1. The van der Waals surface area contributed by atoms with Crippen molar-refractivity contribution >= 4 is 5.91 Å². The number of rotatable bonds is 4. The molecule has 0 aromatic heterocycles. The first-order chi connectivity index (χ1) is 6.88. The summed E-state index contributed by atoms with van der Waals surface area (Å²) in [4.78, 5) is 13.4. The second-order valence-electron chi connectivity index (χ2n) is 5.13. The lowest BCUT2D eigenvalue weighted by molar-refractivity contribution is -0.133. The first-order valence-corrected chi connectivity index (χ1v) is 5.55. The van der Waals surface area contributed by atoms with Gasteiger partial charge in [-0.1, -0.05) is 0 Å². The van der Waals surface area contributed by atoms with Crippen LogP contribution < -0.4 is 5.32 Å². The van der Waals surface area contributed by atoms with Crippen LogP contribution in [0.15, 0.2) is 0 Å². The van der Waals surface area contributed by atoms with Crippen molar-refractivity contribution in [3.63, 3.8) is 0 Å². The van der Waals surface area contributed by atoms with Crippen LogP contribution in [0.3, 0.4) is 0 Å². The minimum atomic E-state index is -0.807. The molecule has 1 aliphatic rings. The number of aliphatic hydroxyl groups is 1. The van der Waals surface area contributed by atoms with Crippen molar-refractivity contribution in [1.82, 2.24) is 10.2 Å². The SMILES string of the molecule is CN(CC(C)(C)O)C(=O)CC1CCNC1. The molecule has 4 nitrogen and oxygen atoms in total. The molecule has 0 bridgehead atoms. The molecule has 1 saturated heterocycles. The molecule has 1 atom stereocenters. The lowest BCUT2D eigenvalue weighted by atomic mass is 10.0. The smallest absolute Gasteiger partial charge is 0.222 e. The van der Waals surface area contributed by atoms with Crippen molar-refractivity contribution in [2.24, 2.45) is 5.92 Å². The molecule has 0 aromatic rings. The summed E-state index contributed by atoms with van der Waals surface area (Å²) in [5, 5.41) is 12.8. The Morgan fingerprint density at radius 1 is 1.60 bits per heavy atom. The molecule has 88 valence electrons. The highest BCUT2D eigenvalue weighted by Crippen LogP contribution is 2.14. The van der Waals surface area contributed by atoms with Crippen LogP contribution >= 0.6 is 0 Å². The van der Waals surface area contributed by atoms with Gasteiger partial charge in [0.05, 0.1) is 5.60 Å². The number of hydrogen-bond donors (Lipinski definition) is 2. The van der Waals surface area contributed by atoms with Gasteiger partial charge in [-0.3, -0.25) is 4.79 Å². The number of carbonyl (C=O) groups is 1. The molecule has 1 rings (SSSR count). The van der Waals surface area contributed by atoms with E-state index in [0.29, 0.717) is 18.9 Å². The van der Waals surface area contributed by atoms with E-state index in [-0.39, 0.29) is 5.91 Å². The van der Waals surface area contributed by atoms with E-state index in [9.17, 15) is 9.90 Å². The summed E-state index contributed by atoms with van der Waals surface area (Å²) in [7, 11) is 1.75. The van der Waals surface area contributed by atoms with Crippen molar-refractivity contribution in [3.8, 4) is 0 Å². The maximum Gasteiger partial charge on any atom is 0.222 e. The zero-order chi connectivity index (χ0) is 11.5.